The van der Waals surface area contributed by atoms with Gasteiger partial charge in [-0.1, -0.05) is 13.3 Å². The minimum absolute atomic E-state index is 0.248. The molecule has 3 N–H and O–H groups in total. The number of carbonyl (C=O) groups excluding carboxylic acids is 1. The Balaban J connectivity index is 1.81. The molecule has 2 saturated heterocycles. The number of likely N-dealkylation sites (tertiary alicyclic amines) is 2. The monoisotopic (exact) mass is 296 g/mol. The van der Waals surface area contributed by atoms with Crippen LogP contribution in [0.5, 0.6) is 0 Å². The maximum Gasteiger partial charge on any atom is 0.238 e. The van der Waals surface area contributed by atoms with E-state index in [-0.39, 0.29) is 5.91 Å². The van der Waals surface area contributed by atoms with Crippen LogP contribution >= 0.6 is 0 Å². The Bertz CT molecular complexity index is 335. The Morgan fingerprint density at radius 2 is 1.81 bits per heavy atom. The fourth-order valence-electron chi connectivity index (χ4n) is 3.78. The summed E-state index contributed by atoms with van der Waals surface area (Å²) in [5, 5.41) is 3.25. The normalized spacial score (nSPS) is 25.6. The Kier molecular flexibility index (Phi) is 6.02. The third-order valence-corrected chi connectivity index (χ3v) is 5.11. The van der Waals surface area contributed by atoms with Gasteiger partial charge >= 0.3 is 0 Å². The van der Waals surface area contributed by atoms with Crippen LogP contribution in [0, 0.1) is 0 Å². The molecule has 1 atom stereocenters. The number of piperidine rings is 2. The van der Waals surface area contributed by atoms with E-state index in [9.17, 15) is 4.79 Å². The molecule has 2 rings (SSSR count). The van der Waals surface area contributed by atoms with E-state index < -0.39 is 5.54 Å². The first-order valence-electron chi connectivity index (χ1n) is 8.56. The van der Waals surface area contributed by atoms with Crippen molar-refractivity contribution in [2.75, 3.05) is 39.3 Å². The van der Waals surface area contributed by atoms with E-state index >= 15 is 0 Å². The van der Waals surface area contributed by atoms with Gasteiger partial charge in [0.25, 0.3) is 0 Å². The largest absolute Gasteiger partial charge is 0.368 e. The highest BCUT2D eigenvalue weighted by Gasteiger charge is 2.34. The second-order valence-corrected chi connectivity index (χ2v) is 6.83. The zero-order chi connectivity index (χ0) is 15.3. The van der Waals surface area contributed by atoms with Crippen molar-refractivity contribution in [1.29, 1.82) is 0 Å². The van der Waals surface area contributed by atoms with Crippen LogP contribution < -0.4 is 11.1 Å². The van der Waals surface area contributed by atoms with Gasteiger partial charge in [0.1, 0.15) is 5.54 Å². The first-order valence-corrected chi connectivity index (χ1v) is 8.56. The quantitative estimate of drug-likeness (QED) is 0.761. The average molecular weight is 296 g/mol. The number of amides is 1. The maximum atomic E-state index is 11.7. The molecule has 2 aliphatic rings. The van der Waals surface area contributed by atoms with Gasteiger partial charge in [0.05, 0.1) is 0 Å². The first kappa shape index (κ1) is 16.7. The van der Waals surface area contributed by atoms with Crippen molar-refractivity contribution in [3.8, 4) is 0 Å². The highest BCUT2D eigenvalue weighted by Crippen LogP contribution is 2.21. The van der Waals surface area contributed by atoms with Crippen molar-refractivity contribution in [2.24, 2.45) is 5.73 Å². The summed E-state index contributed by atoms with van der Waals surface area (Å²) < 4.78 is 0. The van der Waals surface area contributed by atoms with E-state index in [0.29, 0.717) is 0 Å². The van der Waals surface area contributed by atoms with Gasteiger partial charge < -0.3 is 20.9 Å². The lowest BCUT2D eigenvalue weighted by atomic mass is 9.96. The molecule has 0 spiro atoms. The van der Waals surface area contributed by atoms with Crippen LogP contribution in [0.3, 0.4) is 0 Å². The SMILES string of the molecule is CCNC(C)(CN1CCC(N2CCCCC2)CC1)C(N)=O. The Morgan fingerprint density at radius 3 is 2.33 bits per heavy atom. The first-order chi connectivity index (χ1) is 10.0. The second-order valence-electron chi connectivity index (χ2n) is 6.83. The average Bonchev–Trinajstić information content (AvgIpc) is 2.49. The summed E-state index contributed by atoms with van der Waals surface area (Å²) in [6.45, 7) is 10.2. The molecule has 0 aromatic heterocycles. The highest BCUT2D eigenvalue weighted by atomic mass is 16.1. The summed E-state index contributed by atoms with van der Waals surface area (Å²) in [6.07, 6.45) is 6.57. The van der Waals surface area contributed by atoms with Gasteiger partial charge in [-0.15, -0.1) is 0 Å². The molecule has 0 bridgehead atoms. The maximum absolute atomic E-state index is 11.7. The molecule has 21 heavy (non-hydrogen) atoms. The topological polar surface area (TPSA) is 61.6 Å². The molecule has 0 radical (unpaired) electrons. The van der Waals surface area contributed by atoms with Crippen LogP contribution in [-0.4, -0.2) is 66.6 Å². The van der Waals surface area contributed by atoms with Gasteiger partial charge in [-0.05, 0) is 65.3 Å². The van der Waals surface area contributed by atoms with Crippen LogP contribution in [0.1, 0.15) is 46.0 Å². The molecule has 2 aliphatic heterocycles. The molecule has 5 heteroatoms. The Hall–Kier alpha value is -0.650. The van der Waals surface area contributed by atoms with Crippen molar-refractivity contribution < 1.29 is 4.79 Å². The third kappa shape index (κ3) is 4.41. The molecule has 1 amide bonds. The summed E-state index contributed by atoms with van der Waals surface area (Å²) in [5.74, 6) is -0.248. The fraction of sp³-hybridized carbons (Fsp3) is 0.938. The smallest absolute Gasteiger partial charge is 0.238 e. The number of primary amides is 1. The zero-order valence-electron chi connectivity index (χ0n) is 13.7. The third-order valence-electron chi connectivity index (χ3n) is 5.11. The summed E-state index contributed by atoms with van der Waals surface area (Å²) in [4.78, 5) is 16.8. The number of hydrogen-bond acceptors (Lipinski definition) is 4. The molecular formula is C16H32N4O. The molecule has 0 aromatic rings. The van der Waals surface area contributed by atoms with Gasteiger partial charge in [0.15, 0.2) is 0 Å². The van der Waals surface area contributed by atoms with E-state index in [0.717, 1.165) is 32.2 Å². The summed E-state index contributed by atoms with van der Waals surface area (Å²) >= 11 is 0. The number of nitrogens with one attached hydrogen (secondary N) is 1. The Labute approximate surface area is 129 Å². The number of nitrogens with two attached hydrogens (primary N) is 1. The van der Waals surface area contributed by atoms with E-state index in [2.05, 4.69) is 15.1 Å². The van der Waals surface area contributed by atoms with E-state index in [1.165, 1.54) is 45.2 Å². The molecule has 0 saturated carbocycles. The van der Waals surface area contributed by atoms with Gasteiger partial charge in [-0.2, -0.15) is 0 Å². The van der Waals surface area contributed by atoms with E-state index in [1.807, 2.05) is 13.8 Å². The highest BCUT2D eigenvalue weighted by molar-refractivity contribution is 5.84. The number of hydrogen-bond donors (Lipinski definition) is 2. The van der Waals surface area contributed by atoms with Crippen LogP contribution in [0.15, 0.2) is 0 Å². The lowest BCUT2D eigenvalue weighted by Gasteiger charge is -2.42. The lowest BCUT2D eigenvalue weighted by molar-refractivity contribution is -0.124. The van der Waals surface area contributed by atoms with Crippen LogP contribution in [-0.2, 0) is 4.79 Å². The standard InChI is InChI=1S/C16H32N4O/c1-3-18-16(2,15(17)21)13-19-11-7-14(8-12-19)20-9-5-4-6-10-20/h14,18H,3-13H2,1-2H3,(H2,17,21). The van der Waals surface area contributed by atoms with Crippen LogP contribution in [0.4, 0.5) is 0 Å². The number of nitrogens with zero attached hydrogens (tertiary/aromatic N) is 2. The molecule has 0 aliphatic carbocycles. The van der Waals surface area contributed by atoms with Gasteiger partial charge in [0.2, 0.25) is 5.91 Å². The van der Waals surface area contributed by atoms with Crippen molar-refractivity contribution in [1.82, 2.24) is 15.1 Å². The van der Waals surface area contributed by atoms with Crippen molar-refractivity contribution in [3.05, 3.63) is 0 Å². The zero-order valence-corrected chi connectivity index (χ0v) is 13.7. The van der Waals surface area contributed by atoms with Gasteiger partial charge in [0, 0.05) is 12.6 Å². The van der Waals surface area contributed by atoms with E-state index in [1.54, 1.807) is 0 Å². The molecular weight excluding hydrogens is 264 g/mol. The van der Waals surface area contributed by atoms with Crippen LogP contribution in [0.2, 0.25) is 0 Å². The van der Waals surface area contributed by atoms with Crippen molar-refractivity contribution in [2.45, 2.75) is 57.5 Å². The minimum atomic E-state index is -0.604. The molecule has 2 fully saturated rings. The molecule has 122 valence electrons. The van der Waals surface area contributed by atoms with Crippen molar-refractivity contribution >= 4 is 5.91 Å². The molecule has 0 aromatic carbocycles. The van der Waals surface area contributed by atoms with Gasteiger partial charge in [-0.3, -0.25) is 4.79 Å². The summed E-state index contributed by atoms with van der Waals surface area (Å²) in [5.41, 5.74) is 4.98. The van der Waals surface area contributed by atoms with E-state index in [4.69, 9.17) is 5.73 Å². The van der Waals surface area contributed by atoms with Crippen molar-refractivity contribution in [3.63, 3.8) is 0 Å². The summed E-state index contributed by atoms with van der Waals surface area (Å²) in [7, 11) is 0. The van der Waals surface area contributed by atoms with Crippen LogP contribution in [0.25, 0.3) is 0 Å². The number of carbonyl (C=O) groups is 1. The fourth-order valence-corrected chi connectivity index (χ4v) is 3.78. The molecule has 2 heterocycles. The second kappa shape index (κ2) is 7.56. The lowest BCUT2D eigenvalue weighted by Crippen LogP contribution is -2.60. The minimum Gasteiger partial charge on any atom is -0.368 e. The molecule has 5 nitrogen and oxygen atoms in total. The molecule has 1 unspecified atom stereocenters. The predicted octanol–water partition coefficient (Wildman–Crippen LogP) is 0.790. The Morgan fingerprint density at radius 1 is 1.19 bits per heavy atom. The predicted molar refractivity (Wildman–Crippen MR) is 86.2 cm³/mol. The number of likely N-dealkylation sites (N-methyl/N-ethyl adjacent to an activating group) is 1. The summed E-state index contributed by atoms with van der Waals surface area (Å²) in [6, 6.07) is 0.750. The van der Waals surface area contributed by atoms with Gasteiger partial charge in [-0.25, -0.2) is 0 Å². The number of rotatable bonds is 6.